The van der Waals surface area contributed by atoms with E-state index in [-0.39, 0.29) is 27.2 Å². The molecule has 16 nitrogen and oxygen atoms in total. The Morgan fingerprint density at radius 1 is 1.02 bits per heavy atom. The van der Waals surface area contributed by atoms with Crippen LogP contribution < -0.4 is 16.4 Å². The summed E-state index contributed by atoms with van der Waals surface area (Å²) in [5.74, 6) is -3.81. The molecule has 50 heavy (non-hydrogen) atoms. The zero-order valence-electron chi connectivity index (χ0n) is 28.8. The van der Waals surface area contributed by atoms with Crippen LogP contribution in [0.1, 0.15) is 57.0 Å². The molecule has 272 valence electrons. The summed E-state index contributed by atoms with van der Waals surface area (Å²) in [4.78, 5) is 79.2. The van der Waals surface area contributed by atoms with Gasteiger partial charge in [0, 0.05) is 16.8 Å². The van der Waals surface area contributed by atoms with Gasteiger partial charge in [0.2, 0.25) is 13.6 Å². The van der Waals surface area contributed by atoms with Gasteiger partial charge < -0.3 is 40.2 Å². The van der Waals surface area contributed by atoms with E-state index in [1.807, 2.05) is 6.92 Å². The number of ether oxygens (including phenoxy) is 4. The average molecular weight is 753 g/mol. The van der Waals surface area contributed by atoms with E-state index >= 15 is 0 Å². The fraction of sp³-hybridized carbons (Fsp3) is 0.484. The van der Waals surface area contributed by atoms with Gasteiger partial charge in [-0.25, -0.2) is 19.6 Å². The topological polar surface area (TPSA) is 220 Å². The Balaban J connectivity index is 1.94. The number of anilines is 1. The second kappa shape index (κ2) is 17.4. The number of thioether (sulfide) groups is 1. The third-order valence-electron chi connectivity index (χ3n) is 6.44. The van der Waals surface area contributed by atoms with E-state index in [0.717, 1.165) is 33.7 Å². The van der Waals surface area contributed by atoms with E-state index in [2.05, 4.69) is 25.8 Å². The lowest BCUT2D eigenvalue weighted by Gasteiger charge is -2.32. The minimum atomic E-state index is -1.50. The Kier molecular flexibility index (Phi) is 13.9. The predicted molar refractivity (Wildman–Crippen MR) is 187 cm³/mol. The van der Waals surface area contributed by atoms with Crippen LogP contribution >= 0.6 is 34.4 Å². The second-order valence-corrected chi connectivity index (χ2v) is 15.6. The Morgan fingerprint density at radius 3 is 2.20 bits per heavy atom. The fourth-order valence-corrected chi connectivity index (χ4v) is 6.23. The number of nitrogens with two attached hydrogens (primary N) is 1. The molecule has 2 atom stereocenters. The maximum Gasteiger partial charge on any atom is 0.357 e. The maximum absolute atomic E-state index is 13.6. The van der Waals surface area contributed by atoms with Crippen LogP contribution in [0.4, 0.5) is 5.13 Å². The van der Waals surface area contributed by atoms with Gasteiger partial charge in [-0.2, -0.15) is 0 Å². The molecule has 0 saturated carbocycles. The monoisotopic (exact) mass is 752 g/mol. The molecular weight excluding hydrogens is 713 g/mol. The number of carbonyl (C=O) groups is 5. The number of esters is 4. The SMILES string of the molecule is CO/N=C(/C(=O)NC(C(=O)OCOC(=O)C(C)(C)C)C1NC(C(=O)OCOC(=O)C(C)(C)C)=C(/C=C\c2scnc2C)CS1)c1cnc(N)s1. The highest BCUT2D eigenvalue weighted by molar-refractivity contribution is 8.00. The van der Waals surface area contributed by atoms with E-state index in [9.17, 15) is 24.0 Å². The van der Waals surface area contributed by atoms with Crippen molar-refractivity contribution in [1.29, 1.82) is 0 Å². The van der Waals surface area contributed by atoms with Gasteiger partial charge in [-0.3, -0.25) is 14.4 Å². The number of hydrogen-bond donors (Lipinski definition) is 3. The van der Waals surface area contributed by atoms with Crippen LogP contribution in [0.2, 0.25) is 0 Å². The third kappa shape index (κ3) is 11.3. The summed E-state index contributed by atoms with van der Waals surface area (Å²) in [5.41, 5.74) is 6.69. The van der Waals surface area contributed by atoms with Crippen molar-refractivity contribution >= 4 is 81.1 Å². The number of amides is 1. The zero-order chi connectivity index (χ0) is 37.2. The van der Waals surface area contributed by atoms with Gasteiger partial charge in [0.1, 0.15) is 18.2 Å². The minimum Gasteiger partial charge on any atom is -0.427 e. The van der Waals surface area contributed by atoms with Crippen molar-refractivity contribution in [3.63, 3.8) is 0 Å². The summed E-state index contributed by atoms with van der Waals surface area (Å²) in [6.45, 7) is 10.3. The number of nitrogens with zero attached hydrogens (tertiary/aromatic N) is 3. The first kappa shape index (κ1) is 39.9. The summed E-state index contributed by atoms with van der Waals surface area (Å²) in [6.07, 6.45) is 4.80. The van der Waals surface area contributed by atoms with Crippen LogP contribution in [0.3, 0.4) is 0 Å². The molecule has 4 N–H and O–H groups in total. The van der Waals surface area contributed by atoms with Crippen LogP contribution in [-0.2, 0) is 47.8 Å². The quantitative estimate of drug-likeness (QED) is 0.116. The normalized spacial score (nSPS) is 15.9. The first-order chi connectivity index (χ1) is 23.4. The van der Waals surface area contributed by atoms with E-state index in [4.69, 9.17) is 29.5 Å². The molecule has 0 saturated heterocycles. The molecule has 3 heterocycles. The number of hydrogen-bond acceptors (Lipinski definition) is 18. The Morgan fingerprint density at radius 2 is 1.66 bits per heavy atom. The molecular formula is C31H40N6O10S3. The molecule has 2 aromatic rings. The smallest absolute Gasteiger partial charge is 0.357 e. The van der Waals surface area contributed by atoms with Crippen molar-refractivity contribution < 1.29 is 47.8 Å². The van der Waals surface area contributed by atoms with Gasteiger partial charge in [-0.05, 0) is 60.1 Å². The molecule has 2 unspecified atom stereocenters. The summed E-state index contributed by atoms with van der Waals surface area (Å²) < 4.78 is 20.8. The average Bonchev–Trinajstić information content (AvgIpc) is 3.67. The third-order valence-corrected chi connectivity index (χ3v) is 9.40. The van der Waals surface area contributed by atoms with Crippen molar-refractivity contribution in [2.75, 3.05) is 32.2 Å². The Hall–Kier alpha value is -4.49. The van der Waals surface area contributed by atoms with Gasteiger partial charge in [0.05, 0.1) is 26.9 Å². The van der Waals surface area contributed by atoms with Gasteiger partial charge in [0.25, 0.3) is 5.91 Å². The lowest BCUT2D eigenvalue weighted by atomic mass is 9.97. The number of carbonyl (C=O) groups excluding carboxylic acids is 5. The number of thiazole rings is 2. The second-order valence-electron chi connectivity index (χ2n) is 12.5. The maximum atomic E-state index is 13.6. The lowest BCUT2D eigenvalue weighted by molar-refractivity contribution is -0.175. The standard InChI is InChI=1S/C31H40N6O10S3/c1-16-18(49-13-34-16)10-9-17-12-48-24(36-20(17)25(39)44-14-46-27(41)30(2,3)4)22(26(40)45-15-47-28(42)31(5,6)7)35-23(38)21(37-43-8)19-11-33-29(32)50-19/h9-11,13,22,24,36H,12,14-15H2,1-8H3,(H2,32,33)(H,35,38)/b10-9-,37-21+. The minimum absolute atomic E-state index is 0.0637. The molecule has 3 rings (SSSR count). The molecule has 0 aliphatic carbocycles. The highest BCUT2D eigenvalue weighted by Crippen LogP contribution is 2.28. The molecule has 0 fully saturated rings. The Bertz CT molecular complexity index is 1670. The largest absolute Gasteiger partial charge is 0.427 e. The number of aryl methyl sites for hydroxylation is 1. The van der Waals surface area contributed by atoms with Crippen molar-refractivity contribution in [3.05, 3.63) is 44.5 Å². The highest BCUT2D eigenvalue weighted by atomic mass is 32.2. The highest BCUT2D eigenvalue weighted by Gasteiger charge is 2.38. The molecule has 19 heteroatoms. The number of nitrogen functional groups attached to an aromatic ring is 1. The number of oxime groups is 1. The van der Waals surface area contributed by atoms with E-state index in [0.29, 0.717) is 5.57 Å². The predicted octanol–water partition coefficient (Wildman–Crippen LogP) is 3.14. The van der Waals surface area contributed by atoms with E-state index < -0.39 is 65.6 Å². The molecule has 0 aromatic carbocycles. The van der Waals surface area contributed by atoms with E-state index in [1.54, 1.807) is 59.2 Å². The molecule has 0 spiro atoms. The van der Waals surface area contributed by atoms with Crippen LogP contribution in [0, 0.1) is 17.8 Å². The van der Waals surface area contributed by atoms with Gasteiger partial charge in [0.15, 0.2) is 16.9 Å². The van der Waals surface area contributed by atoms with Gasteiger partial charge in [-0.15, -0.1) is 23.1 Å². The van der Waals surface area contributed by atoms with Crippen molar-refractivity contribution in [1.82, 2.24) is 20.6 Å². The zero-order valence-corrected chi connectivity index (χ0v) is 31.3. The first-order valence-electron chi connectivity index (χ1n) is 14.9. The van der Waals surface area contributed by atoms with Crippen LogP contribution in [0.5, 0.6) is 0 Å². The van der Waals surface area contributed by atoms with Crippen molar-refractivity contribution in [2.24, 2.45) is 16.0 Å². The summed E-state index contributed by atoms with van der Waals surface area (Å²) in [7, 11) is 1.23. The summed E-state index contributed by atoms with van der Waals surface area (Å²) in [6, 6.07) is -1.50. The first-order valence-corrected chi connectivity index (χ1v) is 17.7. The van der Waals surface area contributed by atoms with Crippen molar-refractivity contribution in [2.45, 2.75) is 59.9 Å². The summed E-state index contributed by atoms with van der Waals surface area (Å²) >= 11 is 3.53. The number of nitrogens with one attached hydrogen (secondary N) is 2. The van der Waals surface area contributed by atoms with Crippen LogP contribution in [0.25, 0.3) is 6.08 Å². The van der Waals surface area contributed by atoms with Crippen LogP contribution in [-0.4, -0.2) is 83.3 Å². The number of rotatable bonds is 13. The molecule has 1 amide bonds. The van der Waals surface area contributed by atoms with E-state index in [1.165, 1.54) is 24.6 Å². The van der Waals surface area contributed by atoms with Crippen LogP contribution in [0.15, 0.2) is 34.2 Å². The number of aromatic nitrogens is 2. The Labute approximate surface area is 301 Å². The molecule has 1 aliphatic heterocycles. The molecule has 2 aromatic heterocycles. The summed E-state index contributed by atoms with van der Waals surface area (Å²) in [5, 5.41) is 8.47. The van der Waals surface area contributed by atoms with Crippen molar-refractivity contribution in [3.8, 4) is 0 Å². The molecule has 0 radical (unpaired) electrons. The molecule has 1 aliphatic rings. The van der Waals surface area contributed by atoms with Gasteiger partial charge >= 0.3 is 23.9 Å². The fourth-order valence-electron chi connectivity index (χ4n) is 3.70. The lowest BCUT2D eigenvalue weighted by Crippen LogP contribution is -2.56. The number of allylic oxidation sites excluding steroid dienone is 1. The molecule has 0 bridgehead atoms. The van der Waals surface area contributed by atoms with Gasteiger partial charge in [-0.1, -0.05) is 22.6 Å².